The van der Waals surface area contributed by atoms with E-state index in [0.29, 0.717) is 12.2 Å². The average Bonchev–Trinajstić information content (AvgIpc) is 2.88. The zero-order chi connectivity index (χ0) is 13.8. The summed E-state index contributed by atoms with van der Waals surface area (Å²) in [6.07, 6.45) is 0. The Morgan fingerprint density at radius 2 is 2.16 bits per heavy atom. The monoisotopic (exact) mass is 339 g/mol. The second kappa shape index (κ2) is 6.27. The minimum Gasteiger partial charge on any atom is -0.344 e. The second-order valence-corrected chi connectivity index (χ2v) is 5.94. The second-order valence-electron chi connectivity index (χ2n) is 4.08. The summed E-state index contributed by atoms with van der Waals surface area (Å²) in [5.41, 5.74) is 6.95. The molecule has 19 heavy (non-hydrogen) atoms. The van der Waals surface area contributed by atoms with Crippen molar-refractivity contribution >= 4 is 33.2 Å². The molecule has 4 nitrogen and oxygen atoms in total. The van der Waals surface area contributed by atoms with E-state index in [1.165, 1.54) is 11.3 Å². The summed E-state index contributed by atoms with van der Waals surface area (Å²) >= 11 is 4.78. The fraction of sp³-hybridized carbons (Fsp3) is 0.231. The van der Waals surface area contributed by atoms with Crippen LogP contribution >= 0.6 is 27.3 Å². The van der Waals surface area contributed by atoms with Crippen molar-refractivity contribution in [3.05, 3.63) is 50.4 Å². The van der Waals surface area contributed by atoms with E-state index in [4.69, 9.17) is 5.73 Å². The van der Waals surface area contributed by atoms with Gasteiger partial charge in [-0.05, 0) is 24.6 Å². The molecule has 0 saturated carbocycles. The Morgan fingerprint density at radius 1 is 1.47 bits per heavy atom. The molecule has 6 heteroatoms. The lowest BCUT2D eigenvalue weighted by atomic mass is 10.1. The molecule has 3 N–H and O–H groups in total. The van der Waals surface area contributed by atoms with Crippen molar-refractivity contribution in [2.75, 3.05) is 0 Å². The summed E-state index contributed by atoms with van der Waals surface area (Å²) in [4.78, 5) is 16.2. The number of hydrogen-bond acceptors (Lipinski definition) is 4. The zero-order valence-corrected chi connectivity index (χ0v) is 12.8. The van der Waals surface area contributed by atoms with Gasteiger partial charge in [0.1, 0.15) is 10.7 Å². The maximum absolute atomic E-state index is 12.0. The van der Waals surface area contributed by atoms with Gasteiger partial charge in [-0.2, -0.15) is 0 Å². The lowest BCUT2D eigenvalue weighted by Gasteiger charge is -2.13. The largest absolute Gasteiger partial charge is 0.344 e. The number of aromatic nitrogens is 1. The van der Waals surface area contributed by atoms with Gasteiger partial charge in [0.2, 0.25) is 0 Å². The van der Waals surface area contributed by atoms with E-state index < -0.39 is 0 Å². The molecular formula is C13H14BrN3OS. The Hall–Kier alpha value is -1.24. The zero-order valence-electron chi connectivity index (χ0n) is 10.4. The smallest absolute Gasteiger partial charge is 0.271 e. The lowest BCUT2D eigenvalue weighted by molar-refractivity contribution is 0.0935. The Morgan fingerprint density at radius 3 is 2.74 bits per heavy atom. The molecular weight excluding hydrogens is 326 g/mol. The van der Waals surface area contributed by atoms with E-state index in [1.807, 2.05) is 31.2 Å². The van der Waals surface area contributed by atoms with Crippen LogP contribution in [0.25, 0.3) is 0 Å². The van der Waals surface area contributed by atoms with Crippen LogP contribution in [0.5, 0.6) is 0 Å². The van der Waals surface area contributed by atoms with E-state index in [-0.39, 0.29) is 11.9 Å². The van der Waals surface area contributed by atoms with Crippen LogP contribution in [0.4, 0.5) is 0 Å². The SMILES string of the molecule is C[C@@H](NC(=O)c1csc(CN)n1)c1ccc(Br)cc1. The van der Waals surface area contributed by atoms with Crippen molar-refractivity contribution in [3.63, 3.8) is 0 Å². The summed E-state index contributed by atoms with van der Waals surface area (Å²) < 4.78 is 1.02. The molecule has 0 unspecified atom stereocenters. The average molecular weight is 340 g/mol. The van der Waals surface area contributed by atoms with Crippen LogP contribution in [0.2, 0.25) is 0 Å². The quantitative estimate of drug-likeness (QED) is 0.899. The molecule has 100 valence electrons. The third kappa shape index (κ3) is 3.62. The number of nitrogens with two attached hydrogens (primary N) is 1. The van der Waals surface area contributed by atoms with Crippen molar-refractivity contribution in [1.29, 1.82) is 0 Å². The van der Waals surface area contributed by atoms with Crippen molar-refractivity contribution in [1.82, 2.24) is 10.3 Å². The molecule has 0 aliphatic heterocycles. The van der Waals surface area contributed by atoms with Gasteiger partial charge >= 0.3 is 0 Å². The Balaban J connectivity index is 2.04. The Bertz CT molecular complexity index is 568. The van der Waals surface area contributed by atoms with Crippen LogP contribution in [0.1, 0.15) is 34.0 Å². The fourth-order valence-electron chi connectivity index (χ4n) is 1.61. The van der Waals surface area contributed by atoms with E-state index in [0.717, 1.165) is 15.0 Å². The minimum atomic E-state index is -0.175. The van der Waals surface area contributed by atoms with Gasteiger partial charge in [-0.25, -0.2) is 4.98 Å². The van der Waals surface area contributed by atoms with Gasteiger partial charge in [0.25, 0.3) is 5.91 Å². The first kappa shape index (κ1) is 14.2. The van der Waals surface area contributed by atoms with Crippen LogP contribution < -0.4 is 11.1 Å². The number of carbonyl (C=O) groups excluding carboxylic acids is 1. The number of nitrogens with one attached hydrogen (secondary N) is 1. The summed E-state index contributed by atoms with van der Waals surface area (Å²) in [6, 6.07) is 7.78. The molecule has 2 rings (SSSR count). The maximum Gasteiger partial charge on any atom is 0.271 e. The van der Waals surface area contributed by atoms with Crippen LogP contribution in [-0.2, 0) is 6.54 Å². The molecule has 2 aromatic rings. The Labute approximate surface area is 124 Å². The van der Waals surface area contributed by atoms with Crippen LogP contribution in [0, 0.1) is 0 Å². The molecule has 0 aliphatic rings. The number of benzene rings is 1. The molecule has 0 bridgehead atoms. The number of thiazole rings is 1. The van der Waals surface area contributed by atoms with Gasteiger partial charge in [-0.3, -0.25) is 4.79 Å². The van der Waals surface area contributed by atoms with Gasteiger partial charge in [0.05, 0.1) is 6.04 Å². The van der Waals surface area contributed by atoms with E-state index in [2.05, 4.69) is 26.2 Å². The molecule has 1 heterocycles. The molecule has 1 amide bonds. The van der Waals surface area contributed by atoms with E-state index in [1.54, 1.807) is 5.38 Å². The molecule has 0 saturated heterocycles. The first-order chi connectivity index (χ1) is 9.10. The highest BCUT2D eigenvalue weighted by molar-refractivity contribution is 9.10. The number of amides is 1. The molecule has 1 atom stereocenters. The summed E-state index contributed by atoms with van der Waals surface area (Å²) in [6.45, 7) is 2.30. The highest BCUT2D eigenvalue weighted by Gasteiger charge is 2.14. The molecule has 0 spiro atoms. The summed E-state index contributed by atoms with van der Waals surface area (Å²) in [5.74, 6) is -0.175. The summed E-state index contributed by atoms with van der Waals surface area (Å²) in [5, 5.41) is 5.41. The van der Waals surface area contributed by atoms with Crippen molar-refractivity contribution in [3.8, 4) is 0 Å². The number of hydrogen-bond donors (Lipinski definition) is 2. The van der Waals surface area contributed by atoms with E-state index in [9.17, 15) is 4.79 Å². The number of nitrogens with zero attached hydrogens (tertiary/aromatic N) is 1. The maximum atomic E-state index is 12.0. The van der Waals surface area contributed by atoms with Crippen LogP contribution in [0.15, 0.2) is 34.1 Å². The normalized spacial score (nSPS) is 12.2. The topological polar surface area (TPSA) is 68.0 Å². The van der Waals surface area contributed by atoms with Gasteiger partial charge in [0, 0.05) is 16.4 Å². The minimum absolute atomic E-state index is 0.0661. The number of halogens is 1. The number of rotatable bonds is 4. The van der Waals surface area contributed by atoms with Crippen molar-refractivity contribution < 1.29 is 4.79 Å². The van der Waals surface area contributed by atoms with Crippen LogP contribution in [-0.4, -0.2) is 10.9 Å². The first-order valence-corrected chi connectivity index (χ1v) is 7.48. The predicted octanol–water partition coefficient (Wildman–Crippen LogP) is 2.86. The van der Waals surface area contributed by atoms with Gasteiger partial charge in [-0.15, -0.1) is 11.3 Å². The molecule has 1 aromatic carbocycles. The third-order valence-electron chi connectivity index (χ3n) is 2.68. The first-order valence-electron chi connectivity index (χ1n) is 5.81. The van der Waals surface area contributed by atoms with Crippen molar-refractivity contribution in [2.45, 2.75) is 19.5 Å². The molecule has 0 aliphatic carbocycles. The molecule has 0 radical (unpaired) electrons. The van der Waals surface area contributed by atoms with Crippen molar-refractivity contribution in [2.24, 2.45) is 5.73 Å². The highest BCUT2D eigenvalue weighted by Crippen LogP contribution is 2.17. The van der Waals surface area contributed by atoms with E-state index >= 15 is 0 Å². The van der Waals surface area contributed by atoms with Gasteiger partial charge in [0.15, 0.2) is 0 Å². The lowest BCUT2D eigenvalue weighted by Crippen LogP contribution is -2.26. The summed E-state index contributed by atoms with van der Waals surface area (Å²) in [7, 11) is 0. The third-order valence-corrected chi connectivity index (χ3v) is 4.08. The predicted molar refractivity (Wildman–Crippen MR) is 80.0 cm³/mol. The van der Waals surface area contributed by atoms with Crippen LogP contribution in [0.3, 0.4) is 0 Å². The number of carbonyl (C=O) groups is 1. The van der Waals surface area contributed by atoms with Gasteiger partial charge in [-0.1, -0.05) is 28.1 Å². The fourth-order valence-corrected chi connectivity index (χ4v) is 2.53. The van der Waals surface area contributed by atoms with Gasteiger partial charge < -0.3 is 11.1 Å². The highest BCUT2D eigenvalue weighted by atomic mass is 79.9. The molecule has 0 fully saturated rings. The Kier molecular flexibility index (Phi) is 4.68. The standard InChI is InChI=1S/C13H14BrN3OS/c1-8(9-2-4-10(14)5-3-9)16-13(18)11-7-19-12(6-15)17-11/h2-5,7-8H,6,15H2,1H3,(H,16,18)/t8-/m1/s1. The molecule has 1 aromatic heterocycles.